The van der Waals surface area contributed by atoms with Gasteiger partial charge in [0.15, 0.2) is 0 Å². The maximum Gasteiger partial charge on any atom is 0.119 e. The Morgan fingerprint density at radius 1 is 0.842 bits per heavy atom. The molecule has 2 rings (SSSR count). The number of hydrogen-bond donors (Lipinski definition) is 0. The summed E-state index contributed by atoms with van der Waals surface area (Å²) in [5.74, 6) is 0.999. The van der Waals surface area contributed by atoms with Crippen LogP contribution in [0, 0.1) is 0 Å². The summed E-state index contributed by atoms with van der Waals surface area (Å²) in [5, 5.41) is 0. The molecule has 0 aliphatic carbocycles. The molecule has 0 saturated heterocycles. The number of unbranched alkanes of at least 4 members (excludes halogenated alkanes) is 1. The zero-order valence-electron chi connectivity index (χ0n) is 11.6. The van der Waals surface area contributed by atoms with E-state index in [9.17, 15) is 0 Å². The Morgan fingerprint density at radius 2 is 1.63 bits per heavy atom. The molecule has 0 saturated carbocycles. The van der Waals surface area contributed by atoms with Crippen LogP contribution in [-0.2, 0) is 12.8 Å². The van der Waals surface area contributed by atoms with Gasteiger partial charge in [0.2, 0.25) is 0 Å². The van der Waals surface area contributed by atoms with Crippen molar-refractivity contribution in [2.24, 2.45) is 0 Å². The highest BCUT2D eigenvalue weighted by Gasteiger charge is 1.96. The Balaban J connectivity index is 1.66. The summed E-state index contributed by atoms with van der Waals surface area (Å²) in [7, 11) is 0. The predicted molar refractivity (Wildman–Crippen MR) is 80.7 cm³/mol. The van der Waals surface area contributed by atoms with Crippen LogP contribution in [0.4, 0.5) is 0 Å². The lowest BCUT2D eigenvalue weighted by atomic mass is 10.1. The van der Waals surface area contributed by atoms with Crippen molar-refractivity contribution in [3.63, 3.8) is 0 Å². The monoisotopic (exact) mass is 254 g/mol. The van der Waals surface area contributed by atoms with Gasteiger partial charge in [-0.1, -0.05) is 49.4 Å². The van der Waals surface area contributed by atoms with Crippen LogP contribution >= 0.6 is 0 Å². The van der Waals surface area contributed by atoms with E-state index in [1.54, 1.807) is 0 Å². The third kappa shape index (κ3) is 4.78. The number of hydrogen-bond acceptors (Lipinski definition) is 1. The summed E-state index contributed by atoms with van der Waals surface area (Å²) in [4.78, 5) is 0. The molecule has 0 heterocycles. The van der Waals surface area contributed by atoms with E-state index in [1.165, 1.54) is 17.5 Å². The highest BCUT2D eigenvalue weighted by Crippen LogP contribution is 2.14. The minimum absolute atomic E-state index is 0.806. The van der Waals surface area contributed by atoms with Crippen molar-refractivity contribution < 1.29 is 4.74 Å². The molecule has 0 atom stereocenters. The minimum atomic E-state index is 0.806. The first-order chi connectivity index (χ1) is 9.38. The molecule has 100 valence electrons. The van der Waals surface area contributed by atoms with Crippen molar-refractivity contribution >= 4 is 0 Å². The van der Waals surface area contributed by atoms with E-state index < -0.39 is 0 Å². The van der Waals surface area contributed by atoms with E-state index in [4.69, 9.17) is 4.74 Å². The lowest BCUT2D eigenvalue weighted by molar-refractivity contribution is 0.306. The molecule has 0 N–H and O–H groups in total. The van der Waals surface area contributed by atoms with Crippen molar-refractivity contribution in [1.29, 1.82) is 0 Å². The highest BCUT2D eigenvalue weighted by molar-refractivity contribution is 5.28. The van der Waals surface area contributed by atoms with Crippen LogP contribution in [0.2, 0.25) is 0 Å². The molecular weight excluding hydrogens is 232 g/mol. The number of ether oxygens (including phenoxy) is 1. The summed E-state index contributed by atoms with van der Waals surface area (Å²) in [5.41, 5.74) is 2.75. The number of rotatable bonds is 7. The second-order valence-electron chi connectivity index (χ2n) is 4.79. The first-order valence-electron chi connectivity index (χ1n) is 7.14. The van der Waals surface area contributed by atoms with Gasteiger partial charge in [-0.25, -0.2) is 0 Å². The smallest absolute Gasteiger partial charge is 0.119 e. The van der Waals surface area contributed by atoms with Gasteiger partial charge in [0, 0.05) is 0 Å². The highest BCUT2D eigenvalue weighted by atomic mass is 16.5. The maximum absolute atomic E-state index is 5.79. The van der Waals surface area contributed by atoms with E-state index >= 15 is 0 Å². The summed E-state index contributed by atoms with van der Waals surface area (Å²) in [6, 6.07) is 19.0. The van der Waals surface area contributed by atoms with Gasteiger partial charge in [-0.05, 0) is 48.9 Å². The number of aryl methyl sites for hydroxylation is 2. The van der Waals surface area contributed by atoms with Crippen LogP contribution in [0.15, 0.2) is 54.6 Å². The third-order valence-corrected chi connectivity index (χ3v) is 3.28. The SMILES string of the molecule is CCc1cccc(OCCCCc2ccccc2)c1. The summed E-state index contributed by atoms with van der Waals surface area (Å²) < 4.78 is 5.79. The van der Waals surface area contributed by atoms with Crippen molar-refractivity contribution in [3.8, 4) is 5.75 Å². The Hall–Kier alpha value is -1.76. The van der Waals surface area contributed by atoms with Crippen LogP contribution in [0.1, 0.15) is 30.9 Å². The lowest BCUT2D eigenvalue weighted by Crippen LogP contribution is -1.98. The maximum atomic E-state index is 5.79. The van der Waals surface area contributed by atoms with Crippen molar-refractivity contribution in [2.45, 2.75) is 32.6 Å². The molecule has 0 radical (unpaired) electrons. The molecule has 1 nitrogen and oxygen atoms in total. The molecule has 0 amide bonds. The van der Waals surface area contributed by atoms with Gasteiger partial charge in [0.25, 0.3) is 0 Å². The minimum Gasteiger partial charge on any atom is -0.494 e. The largest absolute Gasteiger partial charge is 0.494 e. The Labute approximate surface area is 116 Å². The standard InChI is InChI=1S/C18H22O/c1-2-16-12-8-13-18(15-16)19-14-7-6-11-17-9-4-3-5-10-17/h3-5,8-10,12-13,15H,2,6-7,11,14H2,1H3. The Morgan fingerprint density at radius 3 is 2.42 bits per heavy atom. The second kappa shape index (κ2) is 7.63. The van der Waals surface area contributed by atoms with Gasteiger partial charge < -0.3 is 4.74 Å². The van der Waals surface area contributed by atoms with Crippen LogP contribution in [0.25, 0.3) is 0 Å². The van der Waals surface area contributed by atoms with Gasteiger partial charge in [-0.15, -0.1) is 0 Å². The quantitative estimate of drug-likeness (QED) is 0.653. The zero-order valence-corrected chi connectivity index (χ0v) is 11.6. The molecule has 0 bridgehead atoms. The third-order valence-electron chi connectivity index (χ3n) is 3.28. The lowest BCUT2D eigenvalue weighted by Gasteiger charge is -2.07. The topological polar surface area (TPSA) is 9.23 Å². The van der Waals surface area contributed by atoms with E-state index in [2.05, 4.69) is 55.5 Å². The van der Waals surface area contributed by atoms with Gasteiger partial charge in [-0.3, -0.25) is 0 Å². The van der Waals surface area contributed by atoms with Gasteiger partial charge in [-0.2, -0.15) is 0 Å². The fraction of sp³-hybridized carbons (Fsp3) is 0.333. The summed E-state index contributed by atoms with van der Waals surface area (Å²) >= 11 is 0. The molecule has 1 heteroatoms. The van der Waals surface area contributed by atoms with Crippen molar-refractivity contribution in [1.82, 2.24) is 0 Å². The van der Waals surface area contributed by atoms with E-state index in [0.29, 0.717) is 0 Å². The molecule has 0 aliphatic rings. The van der Waals surface area contributed by atoms with E-state index in [0.717, 1.165) is 31.6 Å². The molecule has 2 aromatic carbocycles. The first-order valence-corrected chi connectivity index (χ1v) is 7.14. The Kier molecular flexibility index (Phi) is 5.49. The summed E-state index contributed by atoms with van der Waals surface area (Å²) in [6.45, 7) is 2.97. The molecule has 2 aromatic rings. The average molecular weight is 254 g/mol. The molecule has 19 heavy (non-hydrogen) atoms. The predicted octanol–water partition coefficient (Wildman–Crippen LogP) is 4.65. The molecule has 0 aliphatic heterocycles. The van der Waals surface area contributed by atoms with Crippen molar-refractivity contribution in [3.05, 3.63) is 65.7 Å². The summed E-state index contributed by atoms with van der Waals surface area (Å²) in [6.07, 6.45) is 4.48. The van der Waals surface area contributed by atoms with Crippen molar-refractivity contribution in [2.75, 3.05) is 6.61 Å². The van der Waals surface area contributed by atoms with Crippen LogP contribution in [0.5, 0.6) is 5.75 Å². The van der Waals surface area contributed by atoms with E-state index in [1.807, 2.05) is 6.07 Å². The molecule has 0 unspecified atom stereocenters. The molecular formula is C18H22O. The van der Waals surface area contributed by atoms with Gasteiger partial charge >= 0.3 is 0 Å². The van der Waals surface area contributed by atoms with Gasteiger partial charge in [0.1, 0.15) is 5.75 Å². The molecule has 0 spiro atoms. The van der Waals surface area contributed by atoms with Crippen LogP contribution in [0.3, 0.4) is 0 Å². The second-order valence-corrected chi connectivity index (χ2v) is 4.79. The Bertz CT molecular complexity index is 476. The van der Waals surface area contributed by atoms with Gasteiger partial charge in [0.05, 0.1) is 6.61 Å². The van der Waals surface area contributed by atoms with E-state index in [-0.39, 0.29) is 0 Å². The van der Waals surface area contributed by atoms with Crippen LogP contribution in [-0.4, -0.2) is 6.61 Å². The molecule has 0 fully saturated rings. The normalized spacial score (nSPS) is 10.4. The first kappa shape index (κ1) is 13.7. The molecule has 0 aromatic heterocycles. The zero-order chi connectivity index (χ0) is 13.3. The fourth-order valence-electron chi connectivity index (χ4n) is 2.12. The number of benzene rings is 2. The van der Waals surface area contributed by atoms with Crippen LogP contribution < -0.4 is 4.74 Å². The average Bonchev–Trinajstić information content (AvgIpc) is 2.48. The fourth-order valence-corrected chi connectivity index (χ4v) is 2.12.